The quantitative estimate of drug-likeness (QED) is 0.573. The zero-order chi connectivity index (χ0) is 12.5. The molecular formula is C14H27N2O+. The second-order valence-corrected chi connectivity index (χ2v) is 6.94. The maximum Gasteiger partial charge on any atom is 0.223 e. The maximum atomic E-state index is 12.0. The van der Waals surface area contributed by atoms with Gasteiger partial charge >= 0.3 is 0 Å². The van der Waals surface area contributed by atoms with Crippen LogP contribution in [0.1, 0.15) is 32.1 Å². The summed E-state index contributed by atoms with van der Waals surface area (Å²) in [7, 11) is 6.58. The van der Waals surface area contributed by atoms with Crippen LogP contribution in [0.4, 0.5) is 0 Å². The normalized spacial score (nSPS) is 31.8. The number of nitrogens with zero attached hydrogens (tertiary/aromatic N) is 1. The molecular weight excluding hydrogens is 212 g/mol. The molecule has 3 heteroatoms. The fourth-order valence-corrected chi connectivity index (χ4v) is 3.46. The Bertz CT molecular complexity index is 282. The fourth-order valence-electron chi connectivity index (χ4n) is 3.46. The molecule has 0 aromatic carbocycles. The van der Waals surface area contributed by atoms with Crippen LogP contribution < -0.4 is 5.32 Å². The second-order valence-electron chi connectivity index (χ2n) is 6.94. The summed E-state index contributed by atoms with van der Waals surface area (Å²) in [5.41, 5.74) is 0. The lowest BCUT2D eigenvalue weighted by Gasteiger charge is -2.24. The van der Waals surface area contributed by atoms with E-state index in [1.54, 1.807) is 0 Å². The Morgan fingerprint density at radius 1 is 1.24 bits per heavy atom. The highest BCUT2D eigenvalue weighted by Gasteiger charge is 2.42. The van der Waals surface area contributed by atoms with E-state index in [4.69, 9.17) is 0 Å². The smallest absolute Gasteiger partial charge is 0.223 e. The van der Waals surface area contributed by atoms with Gasteiger partial charge in [-0.25, -0.2) is 0 Å². The summed E-state index contributed by atoms with van der Waals surface area (Å²) < 4.78 is 0.976. The predicted molar refractivity (Wildman–Crippen MR) is 69.5 cm³/mol. The number of fused-ring (bicyclic) bond motifs is 2. The van der Waals surface area contributed by atoms with Gasteiger partial charge in [0.15, 0.2) is 0 Å². The number of nitrogens with one attached hydrogen (secondary N) is 1. The van der Waals surface area contributed by atoms with E-state index in [0.29, 0.717) is 17.7 Å². The molecule has 2 fully saturated rings. The Balaban J connectivity index is 1.65. The number of hydrogen-bond donors (Lipinski definition) is 1. The van der Waals surface area contributed by atoms with Gasteiger partial charge in [-0.1, -0.05) is 6.42 Å². The van der Waals surface area contributed by atoms with Gasteiger partial charge in [-0.2, -0.15) is 0 Å². The van der Waals surface area contributed by atoms with Crippen molar-refractivity contribution in [3.63, 3.8) is 0 Å². The van der Waals surface area contributed by atoms with Crippen molar-refractivity contribution in [2.24, 2.45) is 17.8 Å². The summed E-state index contributed by atoms with van der Waals surface area (Å²) in [6.45, 7) is 1.97. The molecule has 17 heavy (non-hydrogen) atoms. The van der Waals surface area contributed by atoms with Crippen molar-refractivity contribution < 1.29 is 9.28 Å². The third-order valence-corrected chi connectivity index (χ3v) is 4.38. The van der Waals surface area contributed by atoms with Gasteiger partial charge in [0.25, 0.3) is 0 Å². The monoisotopic (exact) mass is 239 g/mol. The molecule has 0 saturated heterocycles. The molecule has 1 amide bonds. The number of hydrogen-bond acceptors (Lipinski definition) is 1. The lowest BCUT2D eigenvalue weighted by atomic mass is 9.88. The Morgan fingerprint density at radius 2 is 2.00 bits per heavy atom. The minimum atomic E-state index is 0.332. The van der Waals surface area contributed by atoms with Crippen LogP contribution in [-0.2, 0) is 4.79 Å². The minimum Gasteiger partial charge on any atom is -0.356 e. The molecule has 2 aliphatic rings. The zero-order valence-corrected chi connectivity index (χ0v) is 11.5. The minimum absolute atomic E-state index is 0.332. The van der Waals surface area contributed by atoms with Gasteiger partial charge in [-0.15, -0.1) is 0 Å². The average Bonchev–Trinajstić information content (AvgIpc) is 2.84. The van der Waals surface area contributed by atoms with E-state index in [9.17, 15) is 4.79 Å². The van der Waals surface area contributed by atoms with Crippen LogP contribution >= 0.6 is 0 Å². The number of quaternary nitrogens is 1. The SMILES string of the molecule is C[N+](C)(C)CCCNC(=O)C1CC2CCC1C2. The van der Waals surface area contributed by atoms with Crippen molar-refractivity contribution in [3.8, 4) is 0 Å². The maximum absolute atomic E-state index is 12.0. The van der Waals surface area contributed by atoms with Crippen LogP contribution in [-0.4, -0.2) is 44.6 Å². The molecule has 0 aromatic rings. The van der Waals surface area contributed by atoms with Crippen LogP contribution in [0.5, 0.6) is 0 Å². The molecule has 2 rings (SSSR count). The third kappa shape index (κ3) is 3.44. The molecule has 98 valence electrons. The van der Waals surface area contributed by atoms with E-state index in [-0.39, 0.29) is 0 Å². The topological polar surface area (TPSA) is 29.1 Å². The molecule has 2 saturated carbocycles. The van der Waals surface area contributed by atoms with Crippen LogP contribution in [0.2, 0.25) is 0 Å². The van der Waals surface area contributed by atoms with Crippen LogP contribution in [0.25, 0.3) is 0 Å². The van der Waals surface area contributed by atoms with Crippen molar-refractivity contribution >= 4 is 5.91 Å². The number of amides is 1. The summed E-state index contributed by atoms with van der Waals surface area (Å²) in [6, 6.07) is 0. The van der Waals surface area contributed by atoms with Gasteiger partial charge in [0, 0.05) is 18.9 Å². The molecule has 1 N–H and O–H groups in total. The van der Waals surface area contributed by atoms with E-state index in [1.165, 1.54) is 19.3 Å². The summed E-state index contributed by atoms with van der Waals surface area (Å²) in [4.78, 5) is 12.0. The molecule has 3 unspecified atom stereocenters. The highest BCUT2D eigenvalue weighted by atomic mass is 16.1. The Hall–Kier alpha value is -0.570. The molecule has 3 atom stereocenters. The zero-order valence-electron chi connectivity index (χ0n) is 11.5. The van der Waals surface area contributed by atoms with Gasteiger partial charge < -0.3 is 9.80 Å². The molecule has 2 bridgehead atoms. The molecule has 2 aliphatic carbocycles. The van der Waals surface area contributed by atoms with Crippen molar-refractivity contribution in [1.29, 1.82) is 0 Å². The first-order valence-electron chi connectivity index (χ1n) is 7.04. The standard InChI is InChI=1S/C14H26N2O/c1-16(2,3)8-4-7-15-14(17)13-10-11-5-6-12(13)9-11/h11-13H,4-10H2,1-3H3/p+1. The average molecular weight is 239 g/mol. The third-order valence-electron chi connectivity index (χ3n) is 4.38. The first kappa shape index (κ1) is 12.9. The van der Waals surface area contributed by atoms with Gasteiger partial charge in [0.1, 0.15) is 0 Å². The van der Waals surface area contributed by atoms with Gasteiger partial charge in [0.2, 0.25) is 5.91 Å². The lowest BCUT2D eigenvalue weighted by Crippen LogP contribution is -2.39. The van der Waals surface area contributed by atoms with Crippen molar-refractivity contribution in [2.75, 3.05) is 34.2 Å². The molecule has 0 aliphatic heterocycles. The number of carbonyl (C=O) groups is 1. The molecule has 0 heterocycles. The summed E-state index contributed by atoms with van der Waals surface area (Å²) in [6.07, 6.45) is 6.22. The van der Waals surface area contributed by atoms with E-state index < -0.39 is 0 Å². The van der Waals surface area contributed by atoms with Crippen LogP contribution in [0.3, 0.4) is 0 Å². The van der Waals surface area contributed by atoms with E-state index in [2.05, 4.69) is 26.5 Å². The Labute approximate surface area is 105 Å². The summed E-state index contributed by atoms with van der Waals surface area (Å²) >= 11 is 0. The first-order chi connectivity index (χ1) is 7.96. The molecule has 0 aromatic heterocycles. The Kier molecular flexibility index (Phi) is 3.76. The second kappa shape index (κ2) is 4.97. The van der Waals surface area contributed by atoms with Crippen LogP contribution in [0, 0.1) is 17.8 Å². The predicted octanol–water partition coefficient (Wildman–Crippen LogP) is 1.64. The highest BCUT2D eigenvalue weighted by Crippen LogP contribution is 2.48. The first-order valence-corrected chi connectivity index (χ1v) is 7.04. The fraction of sp³-hybridized carbons (Fsp3) is 0.929. The molecule has 0 spiro atoms. The summed E-state index contributed by atoms with van der Waals surface area (Å²) in [5, 5.41) is 3.13. The Morgan fingerprint density at radius 3 is 2.53 bits per heavy atom. The molecule has 3 nitrogen and oxygen atoms in total. The highest BCUT2D eigenvalue weighted by molar-refractivity contribution is 5.79. The van der Waals surface area contributed by atoms with Crippen LogP contribution in [0.15, 0.2) is 0 Å². The van der Waals surface area contributed by atoms with Crippen molar-refractivity contribution in [1.82, 2.24) is 5.32 Å². The van der Waals surface area contributed by atoms with Gasteiger partial charge in [0.05, 0.1) is 27.7 Å². The molecule has 0 radical (unpaired) electrons. The lowest BCUT2D eigenvalue weighted by molar-refractivity contribution is -0.870. The van der Waals surface area contributed by atoms with E-state index >= 15 is 0 Å². The number of rotatable bonds is 5. The van der Waals surface area contributed by atoms with Crippen molar-refractivity contribution in [2.45, 2.75) is 32.1 Å². The largest absolute Gasteiger partial charge is 0.356 e. The summed E-state index contributed by atoms with van der Waals surface area (Å²) in [5.74, 6) is 2.25. The van der Waals surface area contributed by atoms with E-state index in [0.717, 1.165) is 36.3 Å². The van der Waals surface area contributed by atoms with Crippen molar-refractivity contribution in [3.05, 3.63) is 0 Å². The number of carbonyl (C=O) groups excluding carboxylic acids is 1. The van der Waals surface area contributed by atoms with Gasteiger partial charge in [-0.3, -0.25) is 4.79 Å². The van der Waals surface area contributed by atoms with Gasteiger partial charge in [-0.05, 0) is 31.1 Å². The van der Waals surface area contributed by atoms with E-state index in [1.807, 2.05) is 0 Å².